The summed E-state index contributed by atoms with van der Waals surface area (Å²) in [5, 5.41) is 2.70. The molecule has 4 aromatic carbocycles. The molecule has 0 unspecified atom stereocenters. The predicted octanol–water partition coefficient (Wildman–Crippen LogP) is 7.55. The third-order valence-corrected chi connectivity index (χ3v) is 7.89. The topological polar surface area (TPSA) is 4.93 Å². The summed E-state index contributed by atoms with van der Waals surface area (Å²) in [6.45, 7) is 4.72. The smallest absolute Gasteiger partial charge is 0.0681 e. The number of fused-ring (bicyclic) bond motifs is 8. The summed E-state index contributed by atoms with van der Waals surface area (Å²) in [5.41, 5.74) is 9.62. The number of nitrogens with zero attached hydrogens (tertiary/aromatic N) is 1. The van der Waals surface area contributed by atoms with Crippen molar-refractivity contribution in [2.75, 3.05) is 0 Å². The first kappa shape index (κ1) is 15.9. The average molecular weight is 390 g/mol. The Hall–Kier alpha value is -2.97. The molecule has 0 saturated carbocycles. The van der Waals surface area contributed by atoms with Gasteiger partial charge in [-0.05, 0) is 52.6 Å². The Morgan fingerprint density at radius 1 is 0.690 bits per heavy atom. The van der Waals surface area contributed by atoms with Crippen LogP contribution in [0.1, 0.15) is 25.0 Å². The van der Waals surface area contributed by atoms with E-state index in [1.54, 1.807) is 0 Å². The van der Waals surface area contributed by atoms with E-state index in [4.69, 9.17) is 0 Å². The molecule has 1 nitrogen and oxygen atoms in total. The van der Waals surface area contributed by atoms with E-state index < -0.39 is 0 Å². The number of benzene rings is 4. The molecule has 2 heteroatoms. The molecule has 0 amide bonds. The Bertz CT molecular complexity index is 1500. The Morgan fingerprint density at radius 3 is 2.41 bits per heavy atom. The van der Waals surface area contributed by atoms with Gasteiger partial charge in [-0.1, -0.05) is 74.1 Å². The van der Waals surface area contributed by atoms with Crippen molar-refractivity contribution in [2.45, 2.75) is 29.1 Å². The first-order valence-corrected chi connectivity index (χ1v) is 10.9. The first-order chi connectivity index (χ1) is 14.1. The van der Waals surface area contributed by atoms with Crippen LogP contribution < -0.4 is 0 Å². The van der Waals surface area contributed by atoms with E-state index in [0.29, 0.717) is 0 Å². The number of hydrogen-bond acceptors (Lipinski definition) is 1. The monoisotopic (exact) mass is 389 g/mol. The van der Waals surface area contributed by atoms with Gasteiger partial charge in [-0.2, -0.15) is 0 Å². The second-order valence-corrected chi connectivity index (χ2v) is 9.73. The normalized spacial score (nSPS) is 15.4. The van der Waals surface area contributed by atoms with Crippen LogP contribution in [0.4, 0.5) is 0 Å². The quantitative estimate of drug-likeness (QED) is 0.259. The molecule has 0 radical (unpaired) electrons. The van der Waals surface area contributed by atoms with Gasteiger partial charge < -0.3 is 4.57 Å². The number of para-hydroxylation sites is 2. The van der Waals surface area contributed by atoms with E-state index in [9.17, 15) is 0 Å². The van der Waals surface area contributed by atoms with Gasteiger partial charge in [0, 0.05) is 26.0 Å². The van der Waals surface area contributed by atoms with Gasteiger partial charge in [0.2, 0.25) is 0 Å². The molecule has 2 aliphatic rings. The van der Waals surface area contributed by atoms with Gasteiger partial charge in [0.1, 0.15) is 0 Å². The zero-order valence-corrected chi connectivity index (χ0v) is 17.2. The van der Waals surface area contributed by atoms with Crippen molar-refractivity contribution in [1.82, 2.24) is 4.57 Å². The molecule has 0 spiro atoms. The largest absolute Gasteiger partial charge is 0.307 e. The predicted molar refractivity (Wildman–Crippen MR) is 122 cm³/mol. The number of hydrogen-bond donors (Lipinski definition) is 0. The van der Waals surface area contributed by atoms with Gasteiger partial charge in [-0.25, -0.2) is 0 Å². The molecule has 29 heavy (non-hydrogen) atoms. The molecule has 0 fully saturated rings. The first-order valence-electron chi connectivity index (χ1n) is 10.1. The van der Waals surface area contributed by atoms with Crippen LogP contribution in [0.5, 0.6) is 0 Å². The standard InChI is InChI=1S/C27H19NS/c1-27(2)20-10-4-3-8-16(20)18-14-19-17-9-7-13-25-26(17)28(23(19)15-21(18)27)22-11-5-6-12-24(22)29-25/h3-15H,1-2H3. The molecule has 0 atom stereocenters. The van der Waals surface area contributed by atoms with Crippen molar-refractivity contribution >= 4 is 33.6 Å². The summed E-state index contributed by atoms with van der Waals surface area (Å²) in [5.74, 6) is 0. The fraction of sp³-hybridized carbons (Fsp3) is 0.111. The zero-order valence-electron chi connectivity index (χ0n) is 16.4. The van der Waals surface area contributed by atoms with Crippen LogP contribution in [0.15, 0.2) is 88.7 Å². The lowest BCUT2D eigenvalue weighted by Gasteiger charge is -2.22. The second-order valence-electron chi connectivity index (χ2n) is 8.64. The minimum atomic E-state index is 0.0165. The highest BCUT2D eigenvalue weighted by Crippen LogP contribution is 2.52. The van der Waals surface area contributed by atoms with Crippen molar-refractivity contribution in [3.8, 4) is 16.8 Å². The summed E-state index contributed by atoms with van der Waals surface area (Å²) < 4.78 is 2.49. The van der Waals surface area contributed by atoms with E-state index in [1.807, 2.05) is 11.8 Å². The molecule has 1 aromatic heterocycles. The fourth-order valence-electron chi connectivity index (χ4n) is 5.41. The highest BCUT2D eigenvalue weighted by Gasteiger charge is 2.36. The van der Waals surface area contributed by atoms with Crippen LogP contribution in [-0.2, 0) is 5.41 Å². The highest BCUT2D eigenvalue weighted by atomic mass is 32.2. The maximum absolute atomic E-state index is 2.49. The lowest BCUT2D eigenvalue weighted by Crippen LogP contribution is -2.15. The highest BCUT2D eigenvalue weighted by molar-refractivity contribution is 7.99. The molecule has 0 saturated heterocycles. The third-order valence-electron chi connectivity index (χ3n) is 6.78. The third kappa shape index (κ3) is 1.84. The summed E-state index contributed by atoms with van der Waals surface area (Å²) >= 11 is 1.89. The lowest BCUT2D eigenvalue weighted by atomic mass is 9.82. The maximum Gasteiger partial charge on any atom is 0.0681 e. The molecule has 0 N–H and O–H groups in total. The van der Waals surface area contributed by atoms with E-state index >= 15 is 0 Å². The molecular formula is C27H19NS. The van der Waals surface area contributed by atoms with Crippen molar-refractivity contribution in [2.24, 2.45) is 0 Å². The maximum atomic E-state index is 2.49. The summed E-state index contributed by atoms with van der Waals surface area (Å²) in [4.78, 5) is 2.67. The number of rotatable bonds is 0. The van der Waals surface area contributed by atoms with E-state index in [0.717, 1.165) is 0 Å². The molecule has 1 aliphatic carbocycles. The molecule has 1 aliphatic heterocycles. The van der Waals surface area contributed by atoms with Crippen LogP contribution in [-0.4, -0.2) is 4.57 Å². The van der Waals surface area contributed by atoms with Gasteiger partial charge >= 0.3 is 0 Å². The van der Waals surface area contributed by atoms with Crippen LogP contribution in [0.2, 0.25) is 0 Å². The van der Waals surface area contributed by atoms with Gasteiger partial charge in [0.05, 0.1) is 16.7 Å². The average Bonchev–Trinajstić information content (AvgIpc) is 3.19. The molecule has 138 valence electrons. The van der Waals surface area contributed by atoms with E-state index in [1.165, 1.54) is 59.5 Å². The summed E-state index contributed by atoms with van der Waals surface area (Å²) in [7, 11) is 0. The van der Waals surface area contributed by atoms with Crippen LogP contribution >= 0.6 is 11.8 Å². The molecule has 0 bridgehead atoms. The van der Waals surface area contributed by atoms with E-state index in [-0.39, 0.29) is 5.41 Å². The van der Waals surface area contributed by atoms with Gasteiger partial charge in [0.15, 0.2) is 0 Å². The van der Waals surface area contributed by atoms with Crippen LogP contribution in [0.3, 0.4) is 0 Å². The Labute approximate surface area is 174 Å². The fourth-order valence-corrected chi connectivity index (χ4v) is 6.50. The molecule has 2 heterocycles. The van der Waals surface area contributed by atoms with Crippen molar-refractivity contribution in [1.29, 1.82) is 0 Å². The van der Waals surface area contributed by atoms with Crippen LogP contribution in [0, 0.1) is 0 Å². The second kappa shape index (κ2) is 5.14. The summed E-state index contributed by atoms with van der Waals surface area (Å²) in [6, 6.07) is 29.3. The number of aromatic nitrogens is 1. The van der Waals surface area contributed by atoms with Crippen molar-refractivity contribution in [3.63, 3.8) is 0 Å². The van der Waals surface area contributed by atoms with Crippen molar-refractivity contribution < 1.29 is 0 Å². The summed E-state index contributed by atoms with van der Waals surface area (Å²) in [6.07, 6.45) is 0. The Morgan fingerprint density at radius 2 is 1.48 bits per heavy atom. The Kier molecular flexibility index (Phi) is 2.82. The lowest BCUT2D eigenvalue weighted by molar-refractivity contribution is 0.661. The van der Waals surface area contributed by atoms with Gasteiger partial charge in [-0.15, -0.1) is 0 Å². The minimum absolute atomic E-state index is 0.0165. The molecule has 5 aromatic rings. The van der Waals surface area contributed by atoms with Crippen molar-refractivity contribution in [3.05, 3.63) is 90.0 Å². The van der Waals surface area contributed by atoms with Gasteiger partial charge in [0.25, 0.3) is 0 Å². The van der Waals surface area contributed by atoms with E-state index in [2.05, 4.69) is 97.3 Å². The van der Waals surface area contributed by atoms with Crippen LogP contribution in [0.25, 0.3) is 38.6 Å². The molecule has 7 rings (SSSR count). The van der Waals surface area contributed by atoms with Gasteiger partial charge in [-0.3, -0.25) is 0 Å². The molecular weight excluding hydrogens is 370 g/mol. The SMILES string of the molecule is CC1(C)c2ccccc2-c2cc3c4cccc5c4n(c3cc21)-c1ccccc1S5. The Balaban J connectivity index is 1.69. The minimum Gasteiger partial charge on any atom is -0.307 e. The zero-order chi connectivity index (χ0) is 19.3.